The summed E-state index contributed by atoms with van der Waals surface area (Å²) >= 11 is 1.48. The van der Waals surface area contributed by atoms with Crippen molar-refractivity contribution in [3.63, 3.8) is 0 Å². The van der Waals surface area contributed by atoms with Crippen LogP contribution >= 0.6 is 11.3 Å². The molecule has 0 spiro atoms. The van der Waals surface area contributed by atoms with E-state index in [-0.39, 0.29) is 12.3 Å². The number of thiazole rings is 1. The van der Waals surface area contributed by atoms with E-state index in [0.717, 1.165) is 29.2 Å². The maximum atomic E-state index is 12.5. The van der Waals surface area contributed by atoms with E-state index in [1.807, 2.05) is 42.6 Å². The summed E-state index contributed by atoms with van der Waals surface area (Å²) in [6, 6.07) is 11.1. The van der Waals surface area contributed by atoms with Gasteiger partial charge in [-0.1, -0.05) is 19.9 Å². The Morgan fingerprint density at radius 1 is 1.07 bits per heavy atom. The normalized spacial score (nSPS) is 10.6. The van der Waals surface area contributed by atoms with Gasteiger partial charge >= 0.3 is 0 Å². The first-order chi connectivity index (χ1) is 14.2. The van der Waals surface area contributed by atoms with Gasteiger partial charge in [-0.3, -0.25) is 9.78 Å². The fourth-order valence-corrected chi connectivity index (χ4v) is 3.40. The molecule has 152 valence electrons. The van der Waals surface area contributed by atoms with Crippen molar-refractivity contribution in [3.8, 4) is 22.2 Å². The second kappa shape index (κ2) is 10.6. The average Bonchev–Trinajstić information content (AvgIpc) is 3.20. The third kappa shape index (κ3) is 6.02. The van der Waals surface area contributed by atoms with E-state index in [4.69, 9.17) is 9.47 Å². The Morgan fingerprint density at radius 3 is 2.59 bits per heavy atom. The van der Waals surface area contributed by atoms with Gasteiger partial charge in [0, 0.05) is 23.3 Å². The van der Waals surface area contributed by atoms with Crippen molar-refractivity contribution in [2.75, 3.05) is 18.5 Å². The number of carbonyl (C=O) groups is 1. The molecule has 0 aliphatic heterocycles. The van der Waals surface area contributed by atoms with Crippen LogP contribution in [0.2, 0.25) is 0 Å². The first-order valence-corrected chi connectivity index (χ1v) is 10.6. The number of rotatable bonds is 10. The van der Waals surface area contributed by atoms with Crippen molar-refractivity contribution in [2.45, 2.75) is 33.1 Å². The van der Waals surface area contributed by atoms with Crippen LogP contribution in [-0.4, -0.2) is 29.1 Å². The van der Waals surface area contributed by atoms with Gasteiger partial charge in [0.25, 0.3) is 0 Å². The predicted octanol–water partition coefficient (Wildman–Crippen LogP) is 4.96. The number of carbonyl (C=O) groups excluding carboxylic acids is 1. The molecule has 0 aliphatic carbocycles. The molecule has 0 fully saturated rings. The number of amides is 1. The van der Waals surface area contributed by atoms with E-state index in [9.17, 15) is 4.79 Å². The molecule has 0 atom stereocenters. The molecular formula is C22H25N3O3S. The summed E-state index contributed by atoms with van der Waals surface area (Å²) in [6.07, 6.45) is 3.74. The standard InChI is InChI=1S/C22H25N3O3S/c1-3-11-27-19-9-8-16(13-20(19)28-12-4-2)24-21(26)14-17-15-29-22(25-17)18-7-5-6-10-23-18/h5-10,13,15H,3-4,11-12,14H2,1-2H3,(H,24,26). The smallest absolute Gasteiger partial charge is 0.230 e. The van der Waals surface area contributed by atoms with E-state index < -0.39 is 0 Å². The van der Waals surface area contributed by atoms with Gasteiger partial charge in [0.1, 0.15) is 5.01 Å². The van der Waals surface area contributed by atoms with Gasteiger partial charge in [-0.25, -0.2) is 4.98 Å². The SMILES string of the molecule is CCCOc1ccc(NC(=O)Cc2csc(-c3ccccn3)n2)cc1OCCC. The zero-order valence-electron chi connectivity index (χ0n) is 16.7. The Morgan fingerprint density at radius 2 is 1.86 bits per heavy atom. The summed E-state index contributed by atoms with van der Waals surface area (Å²) in [7, 11) is 0. The van der Waals surface area contributed by atoms with Gasteiger partial charge < -0.3 is 14.8 Å². The van der Waals surface area contributed by atoms with Crippen LogP contribution in [0.3, 0.4) is 0 Å². The molecule has 0 radical (unpaired) electrons. The molecular weight excluding hydrogens is 386 g/mol. The van der Waals surface area contributed by atoms with Gasteiger partial charge in [0.2, 0.25) is 5.91 Å². The van der Waals surface area contributed by atoms with Gasteiger partial charge in [-0.2, -0.15) is 0 Å². The maximum Gasteiger partial charge on any atom is 0.230 e. The molecule has 6 nitrogen and oxygen atoms in total. The molecule has 29 heavy (non-hydrogen) atoms. The summed E-state index contributed by atoms with van der Waals surface area (Å²) in [5.41, 5.74) is 2.20. The fraction of sp³-hybridized carbons (Fsp3) is 0.318. The van der Waals surface area contributed by atoms with E-state index in [2.05, 4.69) is 22.2 Å². The van der Waals surface area contributed by atoms with E-state index >= 15 is 0 Å². The molecule has 2 aromatic heterocycles. The minimum absolute atomic E-state index is 0.133. The number of ether oxygens (including phenoxy) is 2. The first kappa shape index (κ1) is 20.8. The summed E-state index contributed by atoms with van der Waals surface area (Å²) in [5, 5.41) is 5.61. The number of nitrogens with one attached hydrogen (secondary N) is 1. The summed E-state index contributed by atoms with van der Waals surface area (Å²) in [5.74, 6) is 1.20. The zero-order chi connectivity index (χ0) is 20.5. The highest BCUT2D eigenvalue weighted by Crippen LogP contribution is 2.31. The largest absolute Gasteiger partial charge is 0.490 e. The predicted molar refractivity (Wildman–Crippen MR) is 116 cm³/mol. The third-order valence-electron chi connectivity index (χ3n) is 3.93. The van der Waals surface area contributed by atoms with Crippen LogP contribution in [0.25, 0.3) is 10.7 Å². The van der Waals surface area contributed by atoms with Crippen molar-refractivity contribution in [1.29, 1.82) is 0 Å². The Balaban J connectivity index is 1.64. The molecule has 1 aromatic carbocycles. The van der Waals surface area contributed by atoms with Crippen molar-refractivity contribution in [2.24, 2.45) is 0 Å². The number of pyridine rings is 1. The maximum absolute atomic E-state index is 12.5. The Hall–Kier alpha value is -2.93. The molecule has 0 bridgehead atoms. The fourth-order valence-electron chi connectivity index (χ4n) is 2.61. The molecule has 0 unspecified atom stereocenters. The molecule has 3 aromatic rings. The van der Waals surface area contributed by atoms with Crippen LogP contribution in [0.1, 0.15) is 32.4 Å². The summed E-state index contributed by atoms with van der Waals surface area (Å²) in [4.78, 5) is 21.3. The Bertz CT molecular complexity index is 928. The number of anilines is 1. The molecule has 1 N–H and O–H groups in total. The van der Waals surface area contributed by atoms with Crippen LogP contribution in [0.15, 0.2) is 48.0 Å². The minimum Gasteiger partial charge on any atom is -0.490 e. The topological polar surface area (TPSA) is 73.3 Å². The number of benzene rings is 1. The van der Waals surface area contributed by atoms with Crippen LogP contribution in [-0.2, 0) is 11.2 Å². The van der Waals surface area contributed by atoms with E-state index in [1.54, 1.807) is 12.3 Å². The van der Waals surface area contributed by atoms with Gasteiger partial charge in [-0.05, 0) is 37.1 Å². The van der Waals surface area contributed by atoms with Crippen molar-refractivity contribution < 1.29 is 14.3 Å². The average molecular weight is 412 g/mol. The summed E-state index contributed by atoms with van der Waals surface area (Å²) in [6.45, 7) is 5.32. The third-order valence-corrected chi connectivity index (χ3v) is 4.84. The van der Waals surface area contributed by atoms with Gasteiger partial charge in [-0.15, -0.1) is 11.3 Å². The lowest BCUT2D eigenvalue weighted by Crippen LogP contribution is -2.14. The monoisotopic (exact) mass is 411 g/mol. The highest BCUT2D eigenvalue weighted by atomic mass is 32.1. The van der Waals surface area contributed by atoms with Crippen molar-refractivity contribution in [1.82, 2.24) is 9.97 Å². The minimum atomic E-state index is -0.133. The lowest BCUT2D eigenvalue weighted by Gasteiger charge is -2.14. The highest BCUT2D eigenvalue weighted by Gasteiger charge is 2.12. The van der Waals surface area contributed by atoms with E-state index in [1.165, 1.54) is 11.3 Å². The van der Waals surface area contributed by atoms with Crippen LogP contribution < -0.4 is 14.8 Å². The van der Waals surface area contributed by atoms with Crippen LogP contribution in [0, 0.1) is 0 Å². The molecule has 7 heteroatoms. The second-order valence-corrected chi connectivity index (χ2v) is 7.30. The Kier molecular flexibility index (Phi) is 7.58. The lowest BCUT2D eigenvalue weighted by molar-refractivity contribution is -0.115. The molecule has 1 amide bonds. The van der Waals surface area contributed by atoms with Crippen LogP contribution in [0.4, 0.5) is 5.69 Å². The second-order valence-electron chi connectivity index (χ2n) is 6.44. The van der Waals surface area contributed by atoms with Gasteiger partial charge in [0.05, 0.1) is 31.0 Å². The number of hydrogen-bond acceptors (Lipinski definition) is 6. The Labute approximate surface area is 174 Å². The molecule has 2 heterocycles. The molecule has 0 aliphatic rings. The summed E-state index contributed by atoms with van der Waals surface area (Å²) < 4.78 is 11.5. The van der Waals surface area contributed by atoms with Crippen LogP contribution in [0.5, 0.6) is 11.5 Å². The van der Waals surface area contributed by atoms with Gasteiger partial charge in [0.15, 0.2) is 11.5 Å². The highest BCUT2D eigenvalue weighted by molar-refractivity contribution is 7.13. The number of hydrogen-bond donors (Lipinski definition) is 1. The van der Waals surface area contributed by atoms with Crippen molar-refractivity contribution >= 4 is 22.9 Å². The molecule has 0 saturated carbocycles. The zero-order valence-corrected chi connectivity index (χ0v) is 17.5. The van der Waals surface area contributed by atoms with Crippen molar-refractivity contribution in [3.05, 3.63) is 53.7 Å². The quantitative estimate of drug-likeness (QED) is 0.510. The molecule has 0 saturated heterocycles. The van der Waals surface area contributed by atoms with E-state index in [0.29, 0.717) is 30.4 Å². The number of nitrogens with zero attached hydrogens (tertiary/aromatic N) is 2. The number of aromatic nitrogens is 2. The first-order valence-electron chi connectivity index (χ1n) is 9.75. The lowest BCUT2D eigenvalue weighted by atomic mass is 10.2. The molecule has 3 rings (SSSR count).